The molecule has 0 bridgehead atoms. The van der Waals surface area contributed by atoms with Crippen molar-refractivity contribution in [2.45, 2.75) is 50.7 Å². The molecule has 2 aliphatic rings. The molecule has 2 aromatic rings. The fourth-order valence-corrected chi connectivity index (χ4v) is 4.32. The molecular weight excluding hydrogens is 396 g/mol. The fourth-order valence-electron chi connectivity index (χ4n) is 4.07. The van der Waals surface area contributed by atoms with Crippen LogP contribution in [0.15, 0.2) is 35.3 Å². The molecule has 1 aliphatic heterocycles. The molecule has 0 amide bonds. The highest BCUT2D eigenvalue weighted by Crippen LogP contribution is 2.29. The van der Waals surface area contributed by atoms with Crippen LogP contribution in [0.2, 0.25) is 5.02 Å². The normalized spacial score (nSPS) is 18.3. The first-order chi connectivity index (χ1) is 14.0. The lowest BCUT2D eigenvalue weighted by atomic mass is 10.1. The maximum atomic E-state index is 12.7. The summed E-state index contributed by atoms with van der Waals surface area (Å²) in [5.74, 6) is 0. The van der Waals surface area contributed by atoms with Crippen LogP contribution in [0.1, 0.15) is 38.5 Å². The molecule has 2 heterocycles. The van der Waals surface area contributed by atoms with Crippen molar-refractivity contribution >= 4 is 23.0 Å². The third-order valence-corrected chi connectivity index (χ3v) is 6.03. The second-order valence-electron chi connectivity index (χ2n) is 7.56. The lowest BCUT2D eigenvalue weighted by molar-refractivity contribution is -0.384. The van der Waals surface area contributed by atoms with Gasteiger partial charge in [-0.2, -0.15) is 9.78 Å². The second kappa shape index (κ2) is 8.51. The Morgan fingerprint density at radius 3 is 2.31 bits per heavy atom. The zero-order chi connectivity index (χ0) is 20.4. The standard InChI is InChI=1S/C20H23ClN4O4/c21-19-18(23-11-9-17(10-12-23)29-16-3-1-2-4-16)13-22-24(20(19)26)14-5-7-15(8-6-14)25(27)28/h5-8,13,16-17H,1-4,9-12H2. The fraction of sp³-hybridized carbons (Fsp3) is 0.500. The number of hydrogen-bond acceptors (Lipinski definition) is 6. The first kappa shape index (κ1) is 19.8. The van der Waals surface area contributed by atoms with Gasteiger partial charge in [0.15, 0.2) is 0 Å². The van der Waals surface area contributed by atoms with Crippen LogP contribution >= 0.6 is 11.6 Å². The summed E-state index contributed by atoms with van der Waals surface area (Å²) in [6, 6.07) is 5.63. The molecule has 0 radical (unpaired) electrons. The number of aromatic nitrogens is 2. The van der Waals surface area contributed by atoms with E-state index < -0.39 is 10.5 Å². The van der Waals surface area contributed by atoms with Crippen LogP contribution in [0.4, 0.5) is 11.4 Å². The summed E-state index contributed by atoms with van der Waals surface area (Å²) in [7, 11) is 0. The lowest BCUT2D eigenvalue weighted by Gasteiger charge is -2.34. The van der Waals surface area contributed by atoms with Crippen LogP contribution in [-0.4, -0.2) is 40.0 Å². The van der Waals surface area contributed by atoms with Gasteiger partial charge < -0.3 is 9.64 Å². The molecule has 4 rings (SSSR count). The Bertz CT molecular complexity index is 932. The summed E-state index contributed by atoms with van der Waals surface area (Å²) >= 11 is 6.38. The molecule has 2 fully saturated rings. The molecule has 0 spiro atoms. The second-order valence-corrected chi connectivity index (χ2v) is 7.94. The SMILES string of the molecule is O=c1c(Cl)c(N2CCC(OC3CCCC3)CC2)cnn1-c1ccc([N+](=O)[O-])cc1. The van der Waals surface area contributed by atoms with E-state index in [0.717, 1.165) is 43.5 Å². The van der Waals surface area contributed by atoms with Crippen LogP contribution in [0.5, 0.6) is 0 Å². The predicted octanol–water partition coefficient (Wildman–Crippen LogP) is 3.72. The number of nitrogens with zero attached hydrogens (tertiary/aromatic N) is 4. The molecule has 1 saturated carbocycles. The first-order valence-electron chi connectivity index (χ1n) is 9.96. The highest BCUT2D eigenvalue weighted by atomic mass is 35.5. The molecule has 0 unspecified atom stereocenters. The van der Waals surface area contributed by atoms with Crippen molar-refractivity contribution in [2.24, 2.45) is 0 Å². The van der Waals surface area contributed by atoms with Crippen molar-refractivity contribution in [2.75, 3.05) is 18.0 Å². The number of ether oxygens (including phenoxy) is 1. The monoisotopic (exact) mass is 418 g/mol. The predicted molar refractivity (Wildman–Crippen MR) is 110 cm³/mol. The lowest BCUT2D eigenvalue weighted by Crippen LogP contribution is -2.39. The van der Waals surface area contributed by atoms with E-state index in [-0.39, 0.29) is 16.8 Å². The maximum Gasteiger partial charge on any atom is 0.292 e. The maximum absolute atomic E-state index is 12.7. The van der Waals surface area contributed by atoms with E-state index in [1.165, 1.54) is 37.1 Å². The van der Waals surface area contributed by atoms with Gasteiger partial charge in [0.1, 0.15) is 5.02 Å². The third kappa shape index (κ3) is 4.28. The summed E-state index contributed by atoms with van der Waals surface area (Å²) in [4.78, 5) is 25.1. The first-order valence-corrected chi connectivity index (χ1v) is 10.3. The summed E-state index contributed by atoms with van der Waals surface area (Å²) < 4.78 is 7.36. The van der Waals surface area contributed by atoms with Crippen molar-refractivity contribution in [3.63, 3.8) is 0 Å². The zero-order valence-electron chi connectivity index (χ0n) is 16.0. The molecule has 0 atom stereocenters. The molecule has 0 N–H and O–H groups in total. The molecule has 9 heteroatoms. The summed E-state index contributed by atoms with van der Waals surface area (Å²) in [6.45, 7) is 1.53. The van der Waals surface area contributed by atoms with E-state index in [1.807, 2.05) is 0 Å². The number of anilines is 1. The highest BCUT2D eigenvalue weighted by Gasteiger charge is 2.26. The summed E-state index contributed by atoms with van der Waals surface area (Å²) in [5, 5.41) is 15.1. The van der Waals surface area contributed by atoms with E-state index in [0.29, 0.717) is 17.5 Å². The number of hydrogen-bond donors (Lipinski definition) is 0. The van der Waals surface area contributed by atoms with Crippen molar-refractivity contribution in [1.29, 1.82) is 0 Å². The van der Waals surface area contributed by atoms with Gasteiger partial charge in [-0.3, -0.25) is 14.9 Å². The van der Waals surface area contributed by atoms with Crippen molar-refractivity contribution < 1.29 is 9.66 Å². The number of halogens is 1. The van der Waals surface area contributed by atoms with Gasteiger partial charge in [-0.1, -0.05) is 24.4 Å². The topological polar surface area (TPSA) is 90.5 Å². The van der Waals surface area contributed by atoms with E-state index in [2.05, 4.69) is 10.00 Å². The molecule has 154 valence electrons. The number of rotatable bonds is 5. The minimum absolute atomic E-state index is 0.0489. The van der Waals surface area contributed by atoms with Gasteiger partial charge in [0.2, 0.25) is 0 Å². The summed E-state index contributed by atoms with van der Waals surface area (Å²) in [6.07, 6.45) is 8.91. The van der Waals surface area contributed by atoms with Gasteiger partial charge in [0.25, 0.3) is 11.2 Å². The number of non-ortho nitro benzene ring substituents is 1. The van der Waals surface area contributed by atoms with Crippen LogP contribution in [0, 0.1) is 10.1 Å². The van der Waals surface area contributed by atoms with Crippen LogP contribution in [0.25, 0.3) is 5.69 Å². The minimum Gasteiger partial charge on any atom is -0.375 e. The quantitative estimate of drug-likeness (QED) is 0.543. The molecular formula is C20H23ClN4O4. The van der Waals surface area contributed by atoms with Gasteiger partial charge in [-0.25, -0.2) is 0 Å². The Hall–Kier alpha value is -2.45. The van der Waals surface area contributed by atoms with E-state index in [9.17, 15) is 14.9 Å². The van der Waals surface area contributed by atoms with E-state index in [4.69, 9.17) is 16.3 Å². The Kier molecular flexibility index (Phi) is 5.82. The Morgan fingerprint density at radius 1 is 1.07 bits per heavy atom. The zero-order valence-corrected chi connectivity index (χ0v) is 16.8. The molecule has 29 heavy (non-hydrogen) atoms. The number of piperidine rings is 1. The molecule has 1 saturated heterocycles. The third-order valence-electron chi connectivity index (χ3n) is 5.68. The Balaban J connectivity index is 1.46. The number of benzene rings is 1. The van der Waals surface area contributed by atoms with E-state index in [1.54, 1.807) is 6.20 Å². The highest BCUT2D eigenvalue weighted by molar-refractivity contribution is 6.33. The molecule has 1 aromatic heterocycles. The van der Waals surface area contributed by atoms with Crippen molar-refractivity contribution in [3.05, 3.63) is 56.0 Å². The molecule has 1 aromatic carbocycles. The van der Waals surface area contributed by atoms with Crippen molar-refractivity contribution in [1.82, 2.24) is 9.78 Å². The minimum atomic E-state index is -0.490. The largest absolute Gasteiger partial charge is 0.375 e. The molecule has 1 aliphatic carbocycles. The average Bonchev–Trinajstić information content (AvgIpc) is 3.24. The van der Waals surface area contributed by atoms with E-state index >= 15 is 0 Å². The molecule has 8 nitrogen and oxygen atoms in total. The Labute approximate surface area is 173 Å². The van der Waals surface area contributed by atoms with Crippen molar-refractivity contribution in [3.8, 4) is 5.69 Å². The van der Waals surface area contributed by atoms with Crippen LogP contribution < -0.4 is 10.5 Å². The van der Waals surface area contributed by atoms with Crippen LogP contribution in [-0.2, 0) is 4.74 Å². The smallest absolute Gasteiger partial charge is 0.292 e. The number of nitro benzene ring substituents is 1. The average molecular weight is 419 g/mol. The van der Waals surface area contributed by atoms with Gasteiger partial charge in [0, 0.05) is 25.2 Å². The van der Waals surface area contributed by atoms with Gasteiger partial charge in [-0.05, 0) is 37.8 Å². The Morgan fingerprint density at radius 2 is 1.69 bits per heavy atom. The van der Waals surface area contributed by atoms with Gasteiger partial charge >= 0.3 is 0 Å². The van der Waals surface area contributed by atoms with Crippen LogP contribution in [0.3, 0.4) is 0 Å². The van der Waals surface area contributed by atoms with Gasteiger partial charge in [-0.15, -0.1) is 0 Å². The summed E-state index contributed by atoms with van der Waals surface area (Å²) in [5.41, 5.74) is 0.557. The van der Waals surface area contributed by atoms with Gasteiger partial charge in [0.05, 0.1) is 34.7 Å². The number of nitro groups is 1.